The van der Waals surface area contributed by atoms with Gasteiger partial charge >= 0.3 is 0 Å². The largest absolute Gasteiger partial charge is 0.484 e. The molecule has 28 heavy (non-hydrogen) atoms. The van der Waals surface area contributed by atoms with Gasteiger partial charge in [0.2, 0.25) is 0 Å². The van der Waals surface area contributed by atoms with E-state index in [0.29, 0.717) is 0 Å². The fourth-order valence-corrected chi connectivity index (χ4v) is 5.27. The minimum atomic E-state index is 0.107. The zero-order valence-electron chi connectivity index (χ0n) is 16.3. The van der Waals surface area contributed by atoms with Crippen molar-refractivity contribution in [3.8, 4) is 5.75 Å². The fraction of sp³-hybridized carbons (Fsp3) is 0.458. The van der Waals surface area contributed by atoms with E-state index >= 15 is 0 Å². The Kier molecular flexibility index (Phi) is 4.81. The zero-order chi connectivity index (χ0) is 18.9. The second kappa shape index (κ2) is 7.59. The number of amides is 1. The molecule has 5 rings (SSSR count). The second-order valence-corrected chi connectivity index (χ2v) is 8.67. The van der Waals surface area contributed by atoms with Gasteiger partial charge in [0.25, 0.3) is 5.91 Å². The van der Waals surface area contributed by atoms with Crippen LogP contribution < -0.4 is 9.64 Å². The summed E-state index contributed by atoms with van der Waals surface area (Å²) in [6, 6.07) is 14.2. The Morgan fingerprint density at radius 2 is 1.86 bits per heavy atom. The average Bonchev–Trinajstić information content (AvgIpc) is 3.36. The number of nitrogens with one attached hydrogen (secondary N) is 1. The zero-order valence-corrected chi connectivity index (χ0v) is 16.3. The van der Waals surface area contributed by atoms with Crippen molar-refractivity contribution in [3.63, 3.8) is 0 Å². The molecule has 2 bridgehead atoms. The van der Waals surface area contributed by atoms with Gasteiger partial charge in [-0.1, -0.05) is 42.5 Å². The van der Waals surface area contributed by atoms with E-state index in [2.05, 4.69) is 24.3 Å². The molecule has 1 amide bonds. The predicted molar refractivity (Wildman–Crippen MR) is 110 cm³/mol. The standard InChI is InChI=1S/C24H28N2O2/c27-24(17-28-23-8-7-19-3-1-2-4-20(19)15-23)26-11-9-25(10-12-26)16-22-14-18-5-6-21(22)13-18/h1-8,15,18,21-22H,9-14,16-17H2/p+1/t18-,21+,22-/m1/s1. The number of hydrogen-bond acceptors (Lipinski definition) is 2. The maximum atomic E-state index is 12.6. The van der Waals surface area contributed by atoms with Gasteiger partial charge in [-0.15, -0.1) is 0 Å². The maximum Gasteiger partial charge on any atom is 0.260 e. The Morgan fingerprint density at radius 3 is 2.61 bits per heavy atom. The van der Waals surface area contributed by atoms with Crippen molar-refractivity contribution in [3.05, 3.63) is 54.6 Å². The van der Waals surface area contributed by atoms with Crippen molar-refractivity contribution in [1.82, 2.24) is 4.90 Å². The predicted octanol–water partition coefficient (Wildman–Crippen LogP) is 2.16. The number of benzene rings is 2. The second-order valence-electron chi connectivity index (χ2n) is 8.67. The van der Waals surface area contributed by atoms with E-state index in [1.165, 1.54) is 24.8 Å². The summed E-state index contributed by atoms with van der Waals surface area (Å²) < 4.78 is 5.79. The first-order chi connectivity index (χ1) is 13.7. The van der Waals surface area contributed by atoms with E-state index in [4.69, 9.17) is 4.74 Å². The Labute approximate surface area is 166 Å². The molecular formula is C24H29N2O2+. The molecule has 1 N–H and O–H groups in total. The van der Waals surface area contributed by atoms with Gasteiger partial charge in [-0.3, -0.25) is 4.79 Å². The Bertz CT molecular complexity index is 885. The molecule has 2 fully saturated rings. The third kappa shape index (κ3) is 3.66. The van der Waals surface area contributed by atoms with Gasteiger partial charge in [-0.2, -0.15) is 0 Å². The van der Waals surface area contributed by atoms with Gasteiger partial charge in [0.1, 0.15) is 5.75 Å². The molecule has 2 aliphatic carbocycles. The Balaban J connectivity index is 1.09. The van der Waals surface area contributed by atoms with Crippen molar-refractivity contribution in [2.45, 2.75) is 12.8 Å². The number of ether oxygens (including phenoxy) is 1. The van der Waals surface area contributed by atoms with Crippen LogP contribution in [0, 0.1) is 17.8 Å². The van der Waals surface area contributed by atoms with E-state index in [1.54, 1.807) is 4.90 Å². The fourth-order valence-electron chi connectivity index (χ4n) is 5.27. The monoisotopic (exact) mass is 377 g/mol. The van der Waals surface area contributed by atoms with Crippen LogP contribution in [0.25, 0.3) is 10.8 Å². The number of carbonyl (C=O) groups is 1. The molecular weight excluding hydrogens is 348 g/mol. The number of rotatable bonds is 5. The number of allylic oxidation sites excluding steroid dienone is 2. The van der Waals surface area contributed by atoms with Crippen LogP contribution in [0.3, 0.4) is 0 Å². The molecule has 1 saturated heterocycles. The van der Waals surface area contributed by atoms with Gasteiger partial charge in [0.15, 0.2) is 6.61 Å². The minimum absolute atomic E-state index is 0.107. The van der Waals surface area contributed by atoms with Crippen LogP contribution in [0.2, 0.25) is 0 Å². The summed E-state index contributed by atoms with van der Waals surface area (Å²) in [7, 11) is 0. The van der Waals surface area contributed by atoms with Crippen molar-refractivity contribution in [2.75, 3.05) is 39.3 Å². The highest BCUT2D eigenvalue weighted by Gasteiger charge is 2.38. The smallest absolute Gasteiger partial charge is 0.260 e. The van der Waals surface area contributed by atoms with Crippen LogP contribution in [-0.4, -0.2) is 50.1 Å². The molecule has 0 unspecified atom stereocenters. The molecule has 0 spiro atoms. The Morgan fingerprint density at radius 1 is 1.04 bits per heavy atom. The molecule has 3 aliphatic rings. The normalized spacial score (nSPS) is 26.9. The lowest BCUT2D eigenvalue weighted by molar-refractivity contribution is -0.907. The molecule has 4 nitrogen and oxygen atoms in total. The number of piperazine rings is 1. The summed E-state index contributed by atoms with van der Waals surface area (Å²) in [5, 5.41) is 2.33. The Hall–Kier alpha value is -2.33. The van der Waals surface area contributed by atoms with Crippen molar-refractivity contribution in [1.29, 1.82) is 0 Å². The first kappa shape index (κ1) is 17.7. The highest BCUT2D eigenvalue weighted by molar-refractivity contribution is 5.84. The molecule has 2 aromatic carbocycles. The maximum absolute atomic E-state index is 12.6. The highest BCUT2D eigenvalue weighted by Crippen LogP contribution is 2.42. The number of quaternary nitrogens is 1. The quantitative estimate of drug-likeness (QED) is 0.811. The van der Waals surface area contributed by atoms with Gasteiger partial charge in [-0.05, 0) is 47.6 Å². The van der Waals surface area contributed by atoms with Crippen molar-refractivity contribution in [2.24, 2.45) is 17.8 Å². The summed E-state index contributed by atoms with van der Waals surface area (Å²) in [5.41, 5.74) is 0. The van der Waals surface area contributed by atoms with Crippen LogP contribution >= 0.6 is 0 Å². The number of fused-ring (bicyclic) bond motifs is 3. The van der Waals surface area contributed by atoms with Crippen molar-refractivity contribution < 1.29 is 14.4 Å². The van der Waals surface area contributed by atoms with Gasteiger partial charge in [0.05, 0.1) is 32.7 Å². The third-order valence-corrected chi connectivity index (χ3v) is 6.87. The lowest BCUT2D eigenvalue weighted by Crippen LogP contribution is -3.15. The van der Waals surface area contributed by atoms with Crippen LogP contribution in [0.1, 0.15) is 12.8 Å². The summed E-state index contributed by atoms with van der Waals surface area (Å²) in [6.07, 6.45) is 7.63. The summed E-state index contributed by atoms with van der Waals surface area (Å²) in [6.45, 7) is 5.25. The third-order valence-electron chi connectivity index (χ3n) is 6.87. The molecule has 1 aliphatic heterocycles. The number of nitrogens with zero attached hydrogens (tertiary/aromatic N) is 1. The van der Waals surface area contributed by atoms with Gasteiger partial charge < -0.3 is 14.5 Å². The summed E-state index contributed by atoms with van der Waals surface area (Å²) in [5.74, 6) is 3.41. The first-order valence-electron chi connectivity index (χ1n) is 10.7. The van der Waals surface area contributed by atoms with Crippen LogP contribution in [-0.2, 0) is 4.79 Å². The van der Waals surface area contributed by atoms with Crippen LogP contribution in [0.15, 0.2) is 54.6 Å². The first-order valence-corrected chi connectivity index (χ1v) is 10.7. The summed E-state index contributed by atoms with van der Waals surface area (Å²) in [4.78, 5) is 16.2. The topological polar surface area (TPSA) is 34.0 Å². The van der Waals surface area contributed by atoms with Gasteiger partial charge in [-0.25, -0.2) is 0 Å². The molecule has 1 heterocycles. The molecule has 1 saturated carbocycles. The average molecular weight is 378 g/mol. The summed E-state index contributed by atoms with van der Waals surface area (Å²) >= 11 is 0. The molecule has 3 atom stereocenters. The number of hydrogen-bond donors (Lipinski definition) is 1. The number of carbonyl (C=O) groups excluding carboxylic acids is 1. The lowest BCUT2D eigenvalue weighted by Gasteiger charge is -2.34. The molecule has 0 aromatic heterocycles. The molecule has 2 aromatic rings. The lowest BCUT2D eigenvalue weighted by atomic mass is 9.93. The molecule has 4 heteroatoms. The van der Waals surface area contributed by atoms with E-state index in [9.17, 15) is 4.79 Å². The SMILES string of the molecule is O=C(COc1ccc2ccccc2c1)N1CC[NH+](C[C@H]2C[C@@H]3C=C[C@H]2C3)CC1. The minimum Gasteiger partial charge on any atom is -0.484 e. The van der Waals surface area contributed by atoms with Crippen LogP contribution in [0.5, 0.6) is 5.75 Å². The van der Waals surface area contributed by atoms with E-state index in [0.717, 1.165) is 55.1 Å². The van der Waals surface area contributed by atoms with E-state index < -0.39 is 0 Å². The van der Waals surface area contributed by atoms with Crippen LogP contribution in [0.4, 0.5) is 0 Å². The van der Waals surface area contributed by atoms with Crippen molar-refractivity contribution >= 4 is 16.7 Å². The highest BCUT2D eigenvalue weighted by atomic mass is 16.5. The van der Waals surface area contributed by atoms with E-state index in [-0.39, 0.29) is 12.5 Å². The molecule has 0 radical (unpaired) electrons. The van der Waals surface area contributed by atoms with E-state index in [1.807, 2.05) is 35.2 Å². The molecule has 146 valence electrons. The van der Waals surface area contributed by atoms with Gasteiger partial charge in [0, 0.05) is 5.92 Å².